The summed E-state index contributed by atoms with van der Waals surface area (Å²) in [4.78, 5) is 11.8. The number of sulfone groups is 1. The Morgan fingerprint density at radius 1 is 1.41 bits per heavy atom. The van der Waals surface area contributed by atoms with Crippen molar-refractivity contribution in [2.45, 2.75) is 6.42 Å². The molecular formula is C13H13BrN2O5S. The fourth-order valence-electron chi connectivity index (χ4n) is 2.33. The molecule has 0 spiro atoms. The van der Waals surface area contributed by atoms with Crippen molar-refractivity contribution in [3.8, 4) is 11.5 Å². The lowest BCUT2D eigenvalue weighted by atomic mass is 10.1. The largest absolute Gasteiger partial charge is 0.454 e. The second-order valence-electron chi connectivity index (χ2n) is 5.07. The zero-order valence-electron chi connectivity index (χ0n) is 11.4. The van der Waals surface area contributed by atoms with E-state index in [1.54, 1.807) is 12.1 Å². The molecule has 1 aromatic rings. The predicted octanol–water partition coefficient (Wildman–Crippen LogP) is 1.06. The molecule has 1 atom stereocenters. The molecule has 0 radical (unpaired) electrons. The topological polar surface area (TPSA) is 94.1 Å². The number of amides is 1. The highest BCUT2D eigenvalue weighted by Gasteiger charge is 2.32. The maximum absolute atomic E-state index is 11.8. The van der Waals surface area contributed by atoms with Gasteiger partial charge >= 0.3 is 0 Å². The second kappa shape index (κ2) is 5.88. The first-order valence-electron chi connectivity index (χ1n) is 6.57. The number of rotatable bonds is 3. The van der Waals surface area contributed by atoms with E-state index in [0.717, 1.165) is 10.0 Å². The Labute approximate surface area is 135 Å². The van der Waals surface area contributed by atoms with Crippen molar-refractivity contribution in [3.63, 3.8) is 0 Å². The molecule has 0 aromatic heterocycles. The van der Waals surface area contributed by atoms with Gasteiger partial charge in [0.25, 0.3) is 0 Å². The summed E-state index contributed by atoms with van der Waals surface area (Å²) in [7, 11) is -3.08. The molecule has 9 heteroatoms. The number of nitrogens with zero attached hydrogens (tertiary/aromatic N) is 1. The van der Waals surface area contributed by atoms with E-state index in [4.69, 9.17) is 9.47 Å². The first-order valence-corrected chi connectivity index (χ1v) is 9.18. The van der Waals surface area contributed by atoms with E-state index in [-0.39, 0.29) is 24.2 Å². The van der Waals surface area contributed by atoms with Crippen molar-refractivity contribution in [2.75, 3.05) is 18.3 Å². The number of hydrazone groups is 1. The predicted molar refractivity (Wildman–Crippen MR) is 82.8 cm³/mol. The zero-order chi connectivity index (χ0) is 15.7. The van der Waals surface area contributed by atoms with Crippen LogP contribution in [0.4, 0.5) is 0 Å². The van der Waals surface area contributed by atoms with Crippen LogP contribution in [0, 0.1) is 5.92 Å². The summed E-state index contributed by atoms with van der Waals surface area (Å²) in [5.41, 5.74) is 3.09. The number of ether oxygens (including phenoxy) is 2. The van der Waals surface area contributed by atoms with E-state index >= 15 is 0 Å². The van der Waals surface area contributed by atoms with Crippen molar-refractivity contribution < 1.29 is 22.7 Å². The summed E-state index contributed by atoms with van der Waals surface area (Å²) in [5.74, 6) is 0.289. The fourth-order valence-corrected chi connectivity index (χ4v) is 4.64. The van der Waals surface area contributed by atoms with E-state index in [9.17, 15) is 13.2 Å². The van der Waals surface area contributed by atoms with Crippen LogP contribution in [0.2, 0.25) is 0 Å². The lowest BCUT2D eigenvalue weighted by Gasteiger charge is -2.05. The van der Waals surface area contributed by atoms with Gasteiger partial charge in [-0.1, -0.05) is 0 Å². The smallest absolute Gasteiger partial charge is 0.244 e. The minimum absolute atomic E-state index is 0.0594. The molecular weight excluding hydrogens is 376 g/mol. The number of carbonyl (C=O) groups excluding carboxylic acids is 1. The summed E-state index contributed by atoms with van der Waals surface area (Å²) >= 11 is 3.36. The highest BCUT2D eigenvalue weighted by molar-refractivity contribution is 9.10. The van der Waals surface area contributed by atoms with Crippen molar-refractivity contribution >= 4 is 37.9 Å². The number of hydrogen-bond acceptors (Lipinski definition) is 6. The molecule has 2 heterocycles. The molecule has 1 amide bonds. The molecule has 1 fully saturated rings. The van der Waals surface area contributed by atoms with Gasteiger partial charge in [-0.05, 0) is 40.0 Å². The Kier molecular flexibility index (Phi) is 4.09. The number of nitrogens with one attached hydrogen (secondary N) is 1. The average Bonchev–Trinajstić information content (AvgIpc) is 3.05. The highest BCUT2D eigenvalue weighted by atomic mass is 79.9. The quantitative estimate of drug-likeness (QED) is 0.617. The first-order chi connectivity index (χ1) is 10.4. The summed E-state index contributed by atoms with van der Waals surface area (Å²) < 4.78 is 34.0. The number of halogens is 1. The Hall–Kier alpha value is -1.61. The van der Waals surface area contributed by atoms with Crippen molar-refractivity contribution in [3.05, 3.63) is 22.2 Å². The van der Waals surface area contributed by atoms with Crippen LogP contribution >= 0.6 is 15.9 Å². The van der Waals surface area contributed by atoms with E-state index in [0.29, 0.717) is 17.9 Å². The second-order valence-corrected chi connectivity index (χ2v) is 8.15. The molecule has 2 aliphatic heterocycles. The summed E-state index contributed by atoms with van der Waals surface area (Å²) in [6.45, 7) is 0.168. The molecule has 1 N–H and O–H groups in total. The van der Waals surface area contributed by atoms with Crippen LogP contribution < -0.4 is 14.9 Å². The molecule has 0 aliphatic carbocycles. The van der Waals surface area contributed by atoms with Crippen molar-refractivity contribution in [1.29, 1.82) is 0 Å². The van der Waals surface area contributed by atoms with Gasteiger partial charge in [0, 0.05) is 0 Å². The van der Waals surface area contributed by atoms with Gasteiger partial charge in [0.05, 0.1) is 28.1 Å². The van der Waals surface area contributed by atoms with Crippen molar-refractivity contribution in [2.24, 2.45) is 11.0 Å². The Morgan fingerprint density at radius 2 is 2.23 bits per heavy atom. The van der Waals surface area contributed by atoms with E-state index in [2.05, 4.69) is 26.5 Å². The number of fused-ring (bicyclic) bond motifs is 1. The van der Waals surface area contributed by atoms with Gasteiger partial charge in [0.2, 0.25) is 12.7 Å². The SMILES string of the molecule is O=C(N/N=C\c1cc(Br)c2c(c1)OCO2)[C@@H]1CCS(=O)(=O)C1. The molecule has 1 saturated heterocycles. The van der Waals surface area contributed by atoms with Gasteiger partial charge in [0.15, 0.2) is 21.3 Å². The number of hydrogen-bond donors (Lipinski definition) is 1. The van der Waals surface area contributed by atoms with Crippen LogP contribution in [-0.2, 0) is 14.6 Å². The van der Waals surface area contributed by atoms with Crippen LogP contribution in [0.1, 0.15) is 12.0 Å². The molecule has 22 heavy (non-hydrogen) atoms. The Balaban J connectivity index is 1.63. The zero-order valence-corrected chi connectivity index (χ0v) is 13.8. The first kappa shape index (κ1) is 15.3. The number of carbonyl (C=O) groups is 1. The average molecular weight is 389 g/mol. The standard InChI is InChI=1S/C13H13BrN2O5S/c14-10-3-8(4-11-12(10)21-7-20-11)5-15-16-13(17)9-1-2-22(18,19)6-9/h3-5,9H,1-2,6-7H2,(H,16,17)/b15-5-/t9-/m1/s1. The maximum atomic E-state index is 11.8. The van der Waals surface area contributed by atoms with Crippen LogP contribution in [0.15, 0.2) is 21.7 Å². The minimum Gasteiger partial charge on any atom is -0.454 e. The van der Waals surface area contributed by atoms with E-state index in [1.807, 2.05) is 0 Å². The third-order valence-electron chi connectivity index (χ3n) is 3.44. The molecule has 0 bridgehead atoms. The summed E-state index contributed by atoms with van der Waals surface area (Å²) in [6, 6.07) is 3.52. The fraction of sp³-hybridized carbons (Fsp3) is 0.385. The third-order valence-corrected chi connectivity index (χ3v) is 5.80. The van der Waals surface area contributed by atoms with Gasteiger partial charge in [-0.3, -0.25) is 4.79 Å². The Morgan fingerprint density at radius 3 is 2.95 bits per heavy atom. The van der Waals surface area contributed by atoms with Gasteiger partial charge in [-0.15, -0.1) is 0 Å². The highest BCUT2D eigenvalue weighted by Crippen LogP contribution is 2.39. The molecule has 3 rings (SSSR count). The molecule has 118 valence electrons. The van der Waals surface area contributed by atoms with E-state index < -0.39 is 15.8 Å². The third kappa shape index (κ3) is 3.25. The van der Waals surface area contributed by atoms with Gasteiger partial charge in [-0.25, -0.2) is 13.8 Å². The number of benzene rings is 1. The van der Waals surface area contributed by atoms with Crippen LogP contribution in [0.25, 0.3) is 0 Å². The van der Waals surface area contributed by atoms with Gasteiger partial charge in [0.1, 0.15) is 0 Å². The van der Waals surface area contributed by atoms with Crippen LogP contribution in [0.3, 0.4) is 0 Å². The molecule has 2 aliphatic rings. The van der Waals surface area contributed by atoms with Gasteiger partial charge in [-0.2, -0.15) is 5.10 Å². The maximum Gasteiger partial charge on any atom is 0.244 e. The summed E-state index contributed by atoms with van der Waals surface area (Å²) in [5, 5.41) is 3.86. The van der Waals surface area contributed by atoms with E-state index in [1.165, 1.54) is 6.21 Å². The van der Waals surface area contributed by atoms with Crippen molar-refractivity contribution in [1.82, 2.24) is 5.43 Å². The molecule has 0 saturated carbocycles. The Bertz CT molecular complexity index is 747. The van der Waals surface area contributed by atoms with Gasteiger partial charge < -0.3 is 9.47 Å². The lowest BCUT2D eigenvalue weighted by Crippen LogP contribution is -2.27. The summed E-state index contributed by atoms with van der Waals surface area (Å²) in [6.07, 6.45) is 1.81. The molecule has 1 aromatic carbocycles. The molecule has 7 nitrogen and oxygen atoms in total. The monoisotopic (exact) mass is 388 g/mol. The van der Waals surface area contributed by atoms with Crippen LogP contribution in [0.5, 0.6) is 11.5 Å². The lowest BCUT2D eigenvalue weighted by molar-refractivity contribution is -0.124. The molecule has 0 unspecified atom stereocenters. The van der Waals surface area contributed by atoms with Crippen LogP contribution in [-0.4, -0.2) is 38.8 Å². The normalized spacial score (nSPS) is 22.1. The minimum atomic E-state index is -3.08.